The third kappa shape index (κ3) is 13.1. The molecule has 6 unspecified atom stereocenters. The number of rotatable bonds is 28. The summed E-state index contributed by atoms with van der Waals surface area (Å²) in [6, 6.07) is 15.9. The molecule has 0 aromatic heterocycles. The largest absolute Gasteiger partial charge is 0.460 e. The van der Waals surface area contributed by atoms with Crippen molar-refractivity contribution in [2.45, 2.75) is 147 Å². The van der Waals surface area contributed by atoms with Gasteiger partial charge in [-0.05, 0) is 79.0 Å². The minimum Gasteiger partial charge on any atom is -0.460 e. The van der Waals surface area contributed by atoms with Crippen LogP contribution in [0.15, 0.2) is 78.0 Å². The van der Waals surface area contributed by atoms with Crippen LogP contribution in [0.5, 0.6) is 11.5 Å². The first kappa shape index (κ1) is 46.8. The molecule has 6 atom stereocenters. The van der Waals surface area contributed by atoms with E-state index in [1.165, 1.54) is 51.4 Å². The van der Waals surface area contributed by atoms with Crippen molar-refractivity contribution in [1.29, 1.82) is 0 Å². The van der Waals surface area contributed by atoms with Crippen LogP contribution in [0.4, 0.5) is 4.79 Å². The van der Waals surface area contributed by atoms with Gasteiger partial charge in [0, 0.05) is 37.7 Å². The number of nitrogens with one attached hydrogen (secondary N) is 1. The first-order valence-electron chi connectivity index (χ1n) is 22.8. The Labute approximate surface area is 358 Å². The Bertz CT molecular complexity index is 1620. The van der Waals surface area contributed by atoms with E-state index in [9.17, 15) is 15.0 Å². The van der Waals surface area contributed by atoms with Crippen LogP contribution < -0.4 is 14.8 Å². The Morgan fingerprint density at radius 1 is 0.932 bits per heavy atom. The number of thioether (sulfide) groups is 1. The van der Waals surface area contributed by atoms with Gasteiger partial charge in [-0.2, -0.15) is 11.8 Å². The summed E-state index contributed by atoms with van der Waals surface area (Å²) in [4.78, 5) is 19.3. The van der Waals surface area contributed by atoms with Crippen LogP contribution in [0.25, 0.3) is 0 Å². The van der Waals surface area contributed by atoms with Crippen molar-refractivity contribution in [3.05, 3.63) is 84.0 Å². The van der Waals surface area contributed by atoms with E-state index >= 15 is 0 Å². The normalized spacial score (nSPS) is 23.8. The highest BCUT2D eigenvalue weighted by Gasteiger charge is 2.63. The number of hydrogen-bond donors (Lipinski definition) is 3. The Morgan fingerprint density at radius 2 is 1.64 bits per heavy atom. The lowest BCUT2D eigenvalue weighted by Gasteiger charge is -2.58. The number of allylic oxidation sites excluding steroid dienone is 1. The van der Waals surface area contributed by atoms with Crippen LogP contribution in [-0.2, 0) is 16.2 Å². The zero-order valence-electron chi connectivity index (χ0n) is 35.9. The molecule has 0 radical (unpaired) electrons. The SMILES string of the molecule is C=CCOC12Oc3ccc(OC(=O)NCCCCCCCCCCCC)cc3C3C(CCCCO)C(CCCCO)C=C(C(=NOCc4ccccc4)CC1SCC)C32. The third-order valence-corrected chi connectivity index (χ3v) is 13.5. The summed E-state index contributed by atoms with van der Waals surface area (Å²) in [6.45, 7) is 9.99. The van der Waals surface area contributed by atoms with Crippen LogP contribution in [0.1, 0.15) is 140 Å². The first-order chi connectivity index (χ1) is 29.0. The van der Waals surface area contributed by atoms with Gasteiger partial charge in [-0.25, -0.2) is 4.79 Å². The molecule has 1 saturated carbocycles. The Balaban J connectivity index is 1.44. The molecule has 2 aliphatic carbocycles. The van der Waals surface area contributed by atoms with Crippen LogP contribution in [0.3, 0.4) is 0 Å². The summed E-state index contributed by atoms with van der Waals surface area (Å²) >= 11 is 1.82. The molecule has 2 aromatic rings. The zero-order chi connectivity index (χ0) is 41.7. The van der Waals surface area contributed by atoms with Gasteiger partial charge in [0.05, 0.1) is 23.5 Å². The van der Waals surface area contributed by atoms with E-state index in [0.29, 0.717) is 38.3 Å². The van der Waals surface area contributed by atoms with Crippen LogP contribution >= 0.6 is 11.8 Å². The van der Waals surface area contributed by atoms with Gasteiger partial charge in [0.15, 0.2) is 0 Å². The summed E-state index contributed by atoms with van der Waals surface area (Å²) in [6.07, 6.45) is 21.7. The average Bonchev–Trinajstić information content (AvgIpc) is 3.24. The van der Waals surface area contributed by atoms with Gasteiger partial charge >= 0.3 is 6.09 Å². The number of carbonyl (C=O) groups excluding carboxylic acids is 1. The topological polar surface area (TPSA) is 119 Å². The number of carbonyl (C=O) groups is 1. The maximum Gasteiger partial charge on any atom is 0.412 e. The number of oxime groups is 1. The maximum atomic E-state index is 13.2. The predicted octanol–water partition coefficient (Wildman–Crippen LogP) is 11.3. The first-order valence-corrected chi connectivity index (χ1v) is 23.9. The molecule has 9 nitrogen and oxygen atoms in total. The molecule has 326 valence electrons. The van der Waals surface area contributed by atoms with Crippen molar-refractivity contribution in [3.63, 3.8) is 0 Å². The average molecular weight is 833 g/mol. The van der Waals surface area contributed by atoms with Gasteiger partial charge in [0.2, 0.25) is 5.79 Å². The van der Waals surface area contributed by atoms with E-state index in [-0.39, 0.29) is 42.1 Å². The number of hydrogen-bond acceptors (Lipinski definition) is 9. The zero-order valence-corrected chi connectivity index (χ0v) is 36.7. The van der Waals surface area contributed by atoms with E-state index in [1.807, 2.05) is 60.3 Å². The molecule has 1 aliphatic heterocycles. The molecule has 5 rings (SSSR count). The second kappa shape index (κ2) is 25.5. The summed E-state index contributed by atoms with van der Waals surface area (Å²) in [7, 11) is 0. The second-order valence-corrected chi connectivity index (χ2v) is 17.9. The fraction of sp³-hybridized carbons (Fsp3) is 0.633. The van der Waals surface area contributed by atoms with Gasteiger partial charge < -0.3 is 34.6 Å². The fourth-order valence-electron chi connectivity index (χ4n) is 9.45. The molecular formula is C49H72N2O7S. The number of nitrogens with zero attached hydrogens (tertiary/aromatic N) is 1. The van der Waals surface area contributed by atoms with Crippen molar-refractivity contribution in [1.82, 2.24) is 5.32 Å². The predicted molar refractivity (Wildman–Crippen MR) is 240 cm³/mol. The number of aliphatic hydroxyl groups excluding tert-OH is 2. The van der Waals surface area contributed by atoms with Gasteiger partial charge in [-0.1, -0.05) is 132 Å². The molecular weight excluding hydrogens is 761 g/mol. The number of amides is 1. The number of unbranched alkanes of at least 4 members (excludes halogenated alkanes) is 11. The molecule has 2 aromatic carbocycles. The summed E-state index contributed by atoms with van der Waals surface area (Å²) in [5.41, 5.74) is 4.03. The Morgan fingerprint density at radius 3 is 2.34 bits per heavy atom. The Kier molecular flexibility index (Phi) is 20.2. The number of aliphatic hydroxyl groups is 2. The second-order valence-electron chi connectivity index (χ2n) is 16.5. The lowest BCUT2D eigenvalue weighted by atomic mass is 9.56. The molecule has 0 bridgehead atoms. The lowest BCUT2D eigenvalue weighted by Crippen LogP contribution is -2.64. The minimum atomic E-state index is -1.02. The minimum absolute atomic E-state index is 0.0702. The number of benzene rings is 2. The van der Waals surface area contributed by atoms with Crippen LogP contribution in [0, 0.1) is 17.8 Å². The molecule has 1 amide bonds. The van der Waals surface area contributed by atoms with E-state index in [1.54, 1.807) is 6.08 Å². The van der Waals surface area contributed by atoms with Gasteiger partial charge in [0.1, 0.15) is 18.1 Å². The summed E-state index contributed by atoms with van der Waals surface area (Å²) < 4.78 is 20.1. The molecule has 0 spiro atoms. The number of fused-ring (bicyclic) bond motifs is 2. The maximum absolute atomic E-state index is 13.2. The highest BCUT2D eigenvalue weighted by atomic mass is 32.2. The summed E-state index contributed by atoms with van der Waals surface area (Å²) in [5.74, 6) is 1.09. The van der Waals surface area contributed by atoms with Crippen molar-refractivity contribution in [2.24, 2.45) is 22.9 Å². The Hall–Kier alpha value is -3.31. The molecule has 1 fully saturated rings. The van der Waals surface area contributed by atoms with Crippen molar-refractivity contribution in [3.8, 4) is 11.5 Å². The molecule has 10 heteroatoms. The smallest absolute Gasteiger partial charge is 0.412 e. The monoisotopic (exact) mass is 833 g/mol. The van der Waals surface area contributed by atoms with E-state index in [0.717, 1.165) is 78.9 Å². The van der Waals surface area contributed by atoms with Crippen LogP contribution in [0.2, 0.25) is 0 Å². The van der Waals surface area contributed by atoms with Crippen molar-refractivity contribution < 1.29 is 34.1 Å². The van der Waals surface area contributed by atoms with Gasteiger partial charge in [0.25, 0.3) is 0 Å². The van der Waals surface area contributed by atoms with Crippen molar-refractivity contribution in [2.75, 3.05) is 32.1 Å². The van der Waals surface area contributed by atoms with E-state index in [2.05, 4.69) is 31.8 Å². The molecule has 1 heterocycles. The van der Waals surface area contributed by atoms with Gasteiger partial charge in [-0.15, -0.1) is 6.58 Å². The van der Waals surface area contributed by atoms with E-state index < -0.39 is 11.9 Å². The molecule has 3 N–H and O–H groups in total. The highest BCUT2D eigenvalue weighted by Crippen LogP contribution is 2.62. The number of ether oxygens (including phenoxy) is 3. The van der Waals surface area contributed by atoms with Crippen molar-refractivity contribution >= 4 is 23.6 Å². The lowest BCUT2D eigenvalue weighted by molar-refractivity contribution is -0.223. The highest BCUT2D eigenvalue weighted by molar-refractivity contribution is 8.00. The third-order valence-electron chi connectivity index (χ3n) is 12.2. The molecule has 59 heavy (non-hydrogen) atoms. The molecule has 0 saturated heterocycles. The standard InChI is InChI=1S/C49H72N2O7S/c1-4-7-8-9-10-11-12-13-14-20-29-50-48(54)57-39-27-28-44-42(34-39)46-40(26-19-22-31-53)38(25-18-21-30-52)33-41-43(51-56-36-37-23-16-15-17-24-37)35-45(59-6-3)49(58-44,47(41)46)55-32-5-2/h5,15-17,23-24,27-28,33-34,38,40,45-47,52-53H,2,4,6-14,18-22,25-26,29-32,35-36H2,1,3H3,(H,50,54). The van der Waals surface area contributed by atoms with E-state index in [4.69, 9.17) is 24.2 Å². The van der Waals surface area contributed by atoms with Gasteiger partial charge in [-0.3, -0.25) is 0 Å². The fourth-order valence-corrected chi connectivity index (χ4v) is 10.6. The molecule has 3 aliphatic rings. The van der Waals surface area contributed by atoms with Crippen LogP contribution in [-0.4, -0.2) is 65.2 Å². The summed E-state index contributed by atoms with van der Waals surface area (Å²) in [5, 5.41) is 27.5. The quantitative estimate of drug-likeness (QED) is 0.0441.